The molecule has 22 heavy (non-hydrogen) atoms. The summed E-state index contributed by atoms with van der Waals surface area (Å²) < 4.78 is 9.80. The average molecular weight is 330 g/mol. The zero-order valence-corrected chi connectivity index (χ0v) is 13.2. The highest BCUT2D eigenvalue weighted by atomic mass is 35.5. The maximum Gasteiger partial charge on any atom is 0.328 e. The van der Waals surface area contributed by atoms with Crippen LogP contribution in [0.1, 0.15) is 26.3 Å². The van der Waals surface area contributed by atoms with Crippen molar-refractivity contribution >= 4 is 29.2 Å². The molecule has 0 saturated carbocycles. The Morgan fingerprint density at radius 2 is 1.73 bits per heavy atom. The Morgan fingerprint density at radius 3 is 2.14 bits per heavy atom. The summed E-state index contributed by atoms with van der Waals surface area (Å²) in [7, 11) is 0. The van der Waals surface area contributed by atoms with Crippen molar-refractivity contribution in [1.29, 1.82) is 0 Å². The minimum atomic E-state index is -1.95. The van der Waals surface area contributed by atoms with Gasteiger partial charge < -0.3 is 9.47 Å². The molecule has 0 N–H and O–H groups in total. The first kappa shape index (κ1) is 17.9. The summed E-state index contributed by atoms with van der Waals surface area (Å²) in [4.78, 5) is 35.0. The SMILES string of the molecule is CCOC(=O)C(C)(C(=O)OCC)c1ccc(Cl)cc1[N+](=O)[O-]. The lowest BCUT2D eigenvalue weighted by molar-refractivity contribution is -0.385. The maximum atomic E-state index is 12.3. The van der Waals surface area contributed by atoms with Crippen LogP contribution in [0.3, 0.4) is 0 Å². The van der Waals surface area contributed by atoms with Crippen molar-refractivity contribution in [3.8, 4) is 0 Å². The molecule has 0 unspecified atom stereocenters. The number of nitrogens with zero attached hydrogens (tertiary/aromatic N) is 1. The average Bonchev–Trinajstić information content (AvgIpc) is 2.46. The summed E-state index contributed by atoms with van der Waals surface area (Å²) in [5, 5.41) is 11.3. The van der Waals surface area contributed by atoms with Crippen LogP contribution >= 0.6 is 11.6 Å². The van der Waals surface area contributed by atoms with Gasteiger partial charge in [0.15, 0.2) is 5.41 Å². The van der Waals surface area contributed by atoms with Crippen LogP contribution < -0.4 is 0 Å². The largest absolute Gasteiger partial charge is 0.465 e. The van der Waals surface area contributed by atoms with E-state index in [2.05, 4.69) is 0 Å². The Labute approximate surface area is 132 Å². The van der Waals surface area contributed by atoms with E-state index in [1.54, 1.807) is 13.8 Å². The molecule has 7 nitrogen and oxygen atoms in total. The van der Waals surface area contributed by atoms with Crippen molar-refractivity contribution in [3.63, 3.8) is 0 Å². The lowest BCUT2D eigenvalue weighted by Gasteiger charge is -2.25. The first-order valence-electron chi connectivity index (χ1n) is 6.57. The number of halogens is 1. The van der Waals surface area contributed by atoms with E-state index in [4.69, 9.17) is 21.1 Å². The zero-order chi connectivity index (χ0) is 16.9. The second-order valence-electron chi connectivity index (χ2n) is 4.48. The van der Waals surface area contributed by atoms with Gasteiger partial charge in [0.2, 0.25) is 0 Å². The van der Waals surface area contributed by atoms with Crippen LogP contribution in [0.25, 0.3) is 0 Å². The van der Waals surface area contributed by atoms with E-state index in [0.29, 0.717) is 0 Å². The summed E-state index contributed by atoms with van der Waals surface area (Å²) in [6.07, 6.45) is 0. The molecule has 0 radical (unpaired) electrons. The maximum absolute atomic E-state index is 12.3. The second-order valence-corrected chi connectivity index (χ2v) is 4.92. The van der Waals surface area contributed by atoms with Crippen molar-refractivity contribution < 1.29 is 24.0 Å². The molecule has 0 saturated heterocycles. The number of nitro benzene ring substituents is 1. The van der Waals surface area contributed by atoms with Crippen molar-refractivity contribution in [2.75, 3.05) is 13.2 Å². The minimum Gasteiger partial charge on any atom is -0.465 e. The lowest BCUT2D eigenvalue weighted by Crippen LogP contribution is -2.44. The first-order valence-corrected chi connectivity index (χ1v) is 6.95. The Balaban J connectivity index is 3.55. The summed E-state index contributed by atoms with van der Waals surface area (Å²) in [5.41, 5.74) is -2.52. The van der Waals surface area contributed by atoms with Gasteiger partial charge in [-0.05, 0) is 32.9 Å². The fourth-order valence-electron chi connectivity index (χ4n) is 1.93. The van der Waals surface area contributed by atoms with Crippen molar-refractivity contribution in [3.05, 3.63) is 38.9 Å². The van der Waals surface area contributed by atoms with Crippen LogP contribution in [0.5, 0.6) is 0 Å². The van der Waals surface area contributed by atoms with Gasteiger partial charge in [-0.15, -0.1) is 0 Å². The number of ether oxygens (including phenoxy) is 2. The standard InChI is InChI=1S/C14H16ClNO6/c1-4-21-12(17)14(3,13(18)22-5-2)10-7-6-9(15)8-11(10)16(19)20/h6-8H,4-5H2,1-3H3. The van der Waals surface area contributed by atoms with Gasteiger partial charge in [-0.1, -0.05) is 11.6 Å². The van der Waals surface area contributed by atoms with Crippen LogP contribution in [0, 0.1) is 10.1 Å². The summed E-state index contributed by atoms with van der Waals surface area (Å²) in [5.74, 6) is -1.84. The van der Waals surface area contributed by atoms with Crippen molar-refractivity contribution in [2.45, 2.75) is 26.2 Å². The van der Waals surface area contributed by atoms with Crippen LogP contribution in [0.2, 0.25) is 5.02 Å². The fraction of sp³-hybridized carbons (Fsp3) is 0.429. The van der Waals surface area contributed by atoms with E-state index in [-0.39, 0.29) is 23.8 Å². The highest BCUT2D eigenvalue weighted by Gasteiger charge is 2.49. The van der Waals surface area contributed by atoms with E-state index < -0.39 is 28.0 Å². The highest BCUT2D eigenvalue weighted by molar-refractivity contribution is 6.30. The Bertz CT molecular complexity index is 583. The van der Waals surface area contributed by atoms with Gasteiger partial charge >= 0.3 is 11.9 Å². The molecule has 8 heteroatoms. The van der Waals surface area contributed by atoms with E-state index in [0.717, 1.165) is 6.07 Å². The molecular formula is C14H16ClNO6. The molecule has 0 amide bonds. The lowest BCUT2D eigenvalue weighted by atomic mass is 9.81. The third-order valence-corrected chi connectivity index (χ3v) is 3.30. The summed E-state index contributed by atoms with van der Waals surface area (Å²) in [6.45, 7) is 4.42. The highest BCUT2D eigenvalue weighted by Crippen LogP contribution is 2.36. The predicted molar refractivity (Wildman–Crippen MR) is 78.7 cm³/mol. The minimum absolute atomic E-state index is 0.0230. The third kappa shape index (κ3) is 3.36. The quantitative estimate of drug-likeness (QED) is 0.344. The van der Waals surface area contributed by atoms with Crippen LogP contribution in [-0.2, 0) is 24.5 Å². The molecule has 0 atom stereocenters. The molecule has 0 fully saturated rings. The van der Waals surface area contributed by atoms with Crippen LogP contribution in [-0.4, -0.2) is 30.1 Å². The fourth-order valence-corrected chi connectivity index (χ4v) is 2.10. The summed E-state index contributed by atoms with van der Waals surface area (Å²) >= 11 is 5.76. The van der Waals surface area contributed by atoms with Crippen molar-refractivity contribution in [1.82, 2.24) is 0 Å². The van der Waals surface area contributed by atoms with Crippen molar-refractivity contribution in [2.24, 2.45) is 0 Å². The molecule has 1 aromatic rings. The molecule has 1 rings (SSSR count). The Morgan fingerprint density at radius 1 is 1.23 bits per heavy atom. The van der Waals surface area contributed by atoms with Gasteiger partial charge in [0.25, 0.3) is 5.69 Å². The molecule has 0 aliphatic carbocycles. The van der Waals surface area contributed by atoms with Gasteiger partial charge in [-0.25, -0.2) is 0 Å². The Hall–Kier alpha value is -2.15. The van der Waals surface area contributed by atoms with E-state index >= 15 is 0 Å². The van der Waals surface area contributed by atoms with Crippen LogP contribution in [0.4, 0.5) is 5.69 Å². The van der Waals surface area contributed by atoms with E-state index in [9.17, 15) is 19.7 Å². The number of hydrogen-bond acceptors (Lipinski definition) is 6. The molecule has 0 aliphatic rings. The van der Waals surface area contributed by atoms with Gasteiger partial charge in [-0.2, -0.15) is 0 Å². The molecule has 120 valence electrons. The predicted octanol–water partition coefficient (Wildman–Crippen LogP) is 2.63. The van der Waals surface area contributed by atoms with E-state index in [1.807, 2.05) is 0 Å². The molecule has 0 heterocycles. The zero-order valence-electron chi connectivity index (χ0n) is 12.4. The third-order valence-electron chi connectivity index (χ3n) is 3.06. The van der Waals surface area contributed by atoms with Crippen LogP contribution in [0.15, 0.2) is 18.2 Å². The molecule has 0 aromatic heterocycles. The van der Waals surface area contributed by atoms with Gasteiger partial charge in [0.1, 0.15) is 0 Å². The number of rotatable bonds is 6. The number of carbonyl (C=O) groups excluding carboxylic acids is 2. The normalized spacial score (nSPS) is 10.9. The molecule has 0 spiro atoms. The number of benzene rings is 1. The Kier molecular flexibility index (Phi) is 5.87. The summed E-state index contributed by atoms with van der Waals surface area (Å²) in [6, 6.07) is 3.70. The van der Waals surface area contributed by atoms with Gasteiger partial charge in [0, 0.05) is 11.1 Å². The molecule has 0 bridgehead atoms. The monoisotopic (exact) mass is 329 g/mol. The topological polar surface area (TPSA) is 95.7 Å². The molecule has 1 aromatic carbocycles. The number of esters is 2. The number of hydrogen-bond donors (Lipinski definition) is 0. The molecular weight excluding hydrogens is 314 g/mol. The second kappa shape index (κ2) is 7.22. The number of nitro groups is 1. The van der Waals surface area contributed by atoms with E-state index in [1.165, 1.54) is 19.1 Å². The first-order chi connectivity index (χ1) is 10.3. The smallest absolute Gasteiger partial charge is 0.328 e. The van der Waals surface area contributed by atoms with Gasteiger partial charge in [-0.3, -0.25) is 19.7 Å². The molecule has 0 aliphatic heterocycles. The number of carbonyl (C=O) groups is 2. The van der Waals surface area contributed by atoms with Gasteiger partial charge in [0.05, 0.1) is 23.7 Å².